The van der Waals surface area contributed by atoms with Gasteiger partial charge in [0.2, 0.25) is 0 Å². The zero-order valence-electron chi connectivity index (χ0n) is 14.5. The summed E-state index contributed by atoms with van der Waals surface area (Å²) in [5, 5.41) is 4.84. The van der Waals surface area contributed by atoms with Crippen molar-refractivity contribution in [2.24, 2.45) is 0 Å². The van der Waals surface area contributed by atoms with Gasteiger partial charge in [-0.2, -0.15) is 0 Å². The number of para-hydroxylation sites is 2. The minimum atomic E-state index is -0.211. The van der Waals surface area contributed by atoms with Gasteiger partial charge in [0.05, 0.1) is 23.5 Å². The number of benzene rings is 2. The van der Waals surface area contributed by atoms with Crippen LogP contribution in [-0.4, -0.2) is 17.5 Å². The molecular weight excluding hydrogens is 348 g/mol. The Morgan fingerprint density at radius 3 is 2.85 bits per heavy atom. The molecule has 0 bridgehead atoms. The Labute approximate surface area is 156 Å². The highest BCUT2D eigenvalue weighted by Crippen LogP contribution is 2.25. The van der Waals surface area contributed by atoms with Crippen molar-refractivity contribution in [1.29, 1.82) is 0 Å². The Morgan fingerprint density at radius 1 is 1.15 bits per heavy atom. The zero-order chi connectivity index (χ0) is 18.2. The molecule has 3 rings (SSSR count). The fourth-order valence-corrected chi connectivity index (χ4v) is 2.84. The number of aromatic nitrogens is 1. The van der Waals surface area contributed by atoms with Crippen LogP contribution in [0.25, 0.3) is 0 Å². The number of anilines is 1. The number of carbonyl (C=O) groups excluding carboxylic acids is 1. The number of thiazole rings is 1. The average molecular weight is 368 g/mol. The van der Waals surface area contributed by atoms with Crippen LogP contribution in [0.2, 0.25) is 0 Å². The molecule has 0 atom stereocenters. The van der Waals surface area contributed by atoms with Crippen LogP contribution in [0.1, 0.15) is 29.4 Å². The van der Waals surface area contributed by atoms with Crippen LogP contribution in [0.5, 0.6) is 11.5 Å². The smallest absolute Gasteiger partial charge is 0.255 e. The van der Waals surface area contributed by atoms with Crippen LogP contribution >= 0.6 is 11.3 Å². The minimum Gasteiger partial charge on any atom is -0.491 e. The van der Waals surface area contributed by atoms with Crippen molar-refractivity contribution in [3.8, 4) is 11.5 Å². The topological polar surface area (TPSA) is 60.5 Å². The van der Waals surface area contributed by atoms with Crippen LogP contribution in [0.4, 0.5) is 5.69 Å². The first-order chi connectivity index (χ1) is 12.8. The molecule has 0 aliphatic rings. The van der Waals surface area contributed by atoms with Crippen molar-refractivity contribution < 1.29 is 14.3 Å². The summed E-state index contributed by atoms with van der Waals surface area (Å²) in [6.45, 7) is 3.02. The normalized spacial score (nSPS) is 10.3. The van der Waals surface area contributed by atoms with E-state index in [1.807, 2.05) is 42.6 Å². The standard InChI is InChI=1S/C20H20N2O3S/c1-2-10-24-19-9-4-3-8-18(19)22-20(23)15-6-5-7-17(11-15)25-12-16-13-26-14-21-16/h3-9,11,13-14H,2,10,12H2,1H3,(H,22,23). The summed E-state index contributed by atoms with van der Waals surface area (Å²) >= 11 is 1.52. The van der Waals surface area contributed by atoms with E-state index in [1.54, 1.807) is 23.7 Å². The molecule has 26 heavy (non-hydrogen) atoms. The third-order valence-corrected chi connectivity index (χ3v) is 4.20. The predicted molar refractivity (Wildman–Crippen MR) is 103 cm³/mol. The van der Waals surface area contributed by atoms with Gasteiger partial charge in [0.25, 0.3) is 5.91 Å². The second-order valence-electron chi connectivity index (χ2n) is 5.60. The highest BCUT2D eigenvalue weighted by atomic mass is 32.1. The first-order valence-corrected chi connectivity index (χ1v) is 9.33. The Bertz CT molecular complexity index is 850. The number of ether oxygens (including phenoxy) is 2. The molecule has 6 heteroatoms. The minimum absolute atomic E-state index is 0.211. The molecule has 0 saturated heterocycles. The van der Waals surface area contributed by atoms with E-state index in [2.05, 4.69) is 10.3 Å². The molecule has 5 nitrogen and oxygen atoms in total. The first kappa shape index (κ1) is 17.9. The van der Waals surface area contributed by atoms with E-state index in [0.29, 0.717) is 36.0 Å². The van der Waals surface area contributed by atoms with Crippen molar-refractivity contribution in [1.82, 2.24) is 4.98 Å². The Morgan fingerprint density at radius 2 is 2.04 bits per heavy atom. The fourth-order valence-electron chi connectivity index (χ4n) is 2.30. The van der Waals surface area contributed by atoms with Crippen LogP contribution in [0, 0.1) is 0 Å². The molecule has 1 heterocycles. The molecule has 0 radical (unpaired) electrons. The van der Waals surface area contributed by atoms with Gasteiger partial charge in [-0.3, -0.25) is 4.79 Å². The Kier molecular flexibility index (Phi) is 6.22. The molecule has 0 unspecified atom stereocenters. The molecule has 0 aliphatic heterocycles. The van der Waals surface area contributed by atoms with E-state index in [-0.39, 0.29) is 5.91 Å². The summed E-state index contributed by atoms with van der Waals surface area (Å²) in [4.78, 5) is 16.8. The van der Waals surface area contributed by atoms with E-state index in [9.17, 15) is 4.79 Å². The van der Waals surface area contributed by atoms with Crippen molar-refractivity contribution in [3.63, 3.8) is 0 Å². The number of amides is 1. The number of carbonyl (C=O) groups is 1. The number of nitrogens with one attached hydrogen (secondary N) is 1. The van der Waals surface area contributed by atoms with Gasteiger partial charge in [-0.1, -0.05) is 25.1 Å². The number of hydrogen-bond acceptors (Lipinski definition) is 5. The monoisotopic (exact) mass is 368 g/mol. The van der Waals surface area contributed by atoms with Crippen molar-refractivity contribution in [2.45, 2.75) is 20.0 Å². The van der Waals surface area contributed by atoms with Crippen LogP contribution in [-0.2, 0) is 6.61 Å². The van der Waals surface area contributed by atoms with Gasteiger partial charge in [0.1, 0.15) is 18.1 Å². The fraction of sp³-hybridized carbons (Fsp3) is 0.200. The third kappa shape index (κ3) is 4.83. The number of nitrogens with zero attached hydrogens (tertiary/aromatic N) is 1. The van der Waals surface area contributed by atoms with Gasteiger partial charge < -0.3 is 14.8 Å². The van der Waals surface area contributed by atoms with Crippen molar-refractivity contribution >= 4 is 22.9 Å². The second kappa shape index (κ2) is 9.01. The van der Waals surface area contributed by atoms with Crippen LogP contribution < -0.4 is 14.8 Å². The van der Waals surface area contributed by atoms with Gasteiger partial charge in [0, 0.05) is 10.9 Å². The average Bonchev–Trinajstić information content (AvgIpc) is 3.19. The molecule has 0 spiro atoms. The molecule has 134 valence electrons. The summed E-state index contributed by atoms with van der Waals surface area (Å²) in [7, 11) is 0. The molecule has 3 aromatic rings. The van der Waals surface area contributed by atoms with Crippen molar-refractivity contribution in [2.75, 3.05) is 11.9 Å². The molecule has 0 saturated carbocycles. The van der Waals surface area contributed by atoms with E-state index in [4.69, 9.17) is 9.47 Å². The van der Waals surface area contributed by atoms with Crippen molar-refractivity contribution in [3.05, 3.63) is 70.7 Å². The van der Waals surface area contributed by atoms with Crippen LogP contribution in [0.3, 0.4) is 0 Å². The third-order valence-electron chi connectivity index (χ3n) is 3.56. The van der Waals surface area contributed by atoms with E-state index < -0.39 is 0 Å². The highest BCUT2D eigenvalue weighted by Gasteiger charge is 2.11. The lowest BCUT2D eigenvalue weighted by Gasteiger charge is -2.12. The summed E-state index contributed by atoms with van der Waals surface area (Å²) in [5.74, 6) is 1.08. The Hall–Kier alpha value is -2.86. The van der Waals surface area contributed by atoms with E-state index in [0.717, 1.165) is 12.1 Å². The van der Waals surface area contributed by atoms with Gasteiger partial charge in [-0.25, -0.2) is 4.98 Å². The molecule has 1 aromatic heterocycles. The highest BCUT2D eigenvalue weighted by molar-refractivity contribution is 7.07. The first-order valence-electron chi connectivity index (χ1n) is 8.39. The summed E-state index contributed by atoms with van der Waals surface area (Å²) < 4.78 is 11.4. The molecule has 1 N–H and O–H groups in total. The molecule has 0 fully saturated rings. The summed E-state index contributed by atoms with van der Waals surface area (Å²) in [6.07, 6.45) is 0.903. The largest absolute Gasteiger partial charge is 0.491 e. The molecule has 1 amide bonds. The predicted octanol–water partition coefficient (Wildman–Crippen LogP) is 4.76. The van der Waals surface area contributed by atoms with Gasteiger partial charge in [-0.15, -0.1) is 11.3 Å². The number of hydrogen-bond donors (Lipinski definition) is 1. The van der Waals surface area contributed by atoms with Gasteiger partial charge >= 0.3 is 0 Å². The quantitative estimate of drug-likeness (QED) is 0.622. The van der Waals surface area contributed by atoms with Gasteiger partial charge in [0.15, 0.2) is 0 Å². The maximum Gasteiger partial charge on any atom is 0.255 e. The van der Waals surface area contributed by atoms with Crippen LogP contribution in [0.15, 0.2) is 59.4 Å². The number of rotatable bonds is 8. The molecule has 2 aromatic carbocycles. The summed E-state index contributed by atoms with van der Waals surface area (Å²) in [5.41, 5.74) is 3.80. The van der Waals surface area contributed by atoms with E-state index >= 15 is 0 Å². The lowest BCUT2D eigenvalue weighted by molar-refractivity contribution is 0.102. The lowest BCUT2D eigenvalue weighted by atomic mass is 10.2. The molecule has 0 aliphatic carbocycles. The summed E-state index contributed by atoms with van der Waals surface area (Å²) in [6, 6.07) is 14.5. The maximum absolute atomic E-state index is 12.6. The zero-order valence-corrected chi connectivity index (χ0v) is 15.3. The SMILES string of the molecule is CCCOc1ccccc1NC(=O)c1cccc(OCc2cscn2)c1. The maximum atomic E-state index is 12.6. The lowest BCUT2D eigenvalue weighted by Crippen LogP contribution is -2.13. The van der Waals surface area contributed by atoms with Gasteiger partial charge in [-0.05, 0) is 36.8 Å². The molecular formula is C20H20N2O3S. The Balaban J connectivity index is 1.67. The van der Waals surface area contributed by atoms with E-state index in [1.165, 1.54) is 11.3 Å². The second-order valence-corrected chi connectivity index (χ2v) is 6.31.